The molecule has 96 valence electrons. The highest BCUT2D eigenvalue weighted by atomic mass is 15.1. The molecular formula is C14H30N2. The SMILES string of the molecule is CCC(C)C(CN1CCCC(C)CC1)NC. The molecule has 3 unspecified atom stereocenters. The lowest BCUT2D eigenvalue weighted by atomic mass is 9.99. The molecule has 0 bridgehead atoms. The third kappa shape index (κ3) is 4.42. The molecule has 0 aromatic heterocycles. The van der Waals surface area contributed by atoms with E-state index in [9.17, 15) is 0 Å². The summed E-state index contributed by atoms with van der Waals surface area (Å²) in [6.07, 6.45) is 5.47. The van der Waals surface area contributed by atoms with E-state index in [4.69, 9.17) is 0 Å². The Balaban J connectivity index is 2.38. The van der Waals surface area contributed by atoms with Gasteiger partial charge in [0.1, 0.15) is 0 Å². The first-order valence-corrected chi connectivity index (χ1v) is 7.07. The zero-order valence-electron chi connectivity index (χ0n) is 11.6. The summed E-state index contributed by atoms with van der Waals surface area (Å²) in [6.45, 7) is 10.9. The molecule has 0 spiro atoms. The fraction of sp³-hybridized carbons (Fsp3) is 1.00. The van der Waals surface area contributed by atoms with Gasteiger partial charge in [0.25, 0.3) is 0 Å². The fourth-order valence-corrected chi connectivity index (χ4v) is 2.62. The van der Waals surface area contributed by atoms with Crippen molar-refractivity contribution in [2.75, 3.05) is 26.7 Å². The zero-order chi connectivity index (χ0) is 12.0. The predicted octanol–water partition coefficient (Wildman–Crippen LogP) is 2.74. The minimum atomic E-state index is 0.665. The summed E-state index contributed by atoms with van der Waals surface area (Å²) in [4.78, 5) is 2.66. The average Bonchev–Trinajstić information content (AvgIpc) is 2.50. The first kappa shape index (κ1) is 14.0. The number of rotatable bonds is 5. The van der Waals surface area contributed by atoms with Gasteiger partial charge in [-0.25, -0.2) is 0 Å². The Morgan fingerprint density at radius 1 is 1.31 bits per heavy atom. The molecule has 1 heterocycles. The van der Waals surface area contributed by atoms with E-state index in [1.54, 1.807) is 0 Å². The standard InChI is InChI=1S/C14H30N2/c1-5-13(3)14(15-4)11-16-9-6-7-12(2)8-10-16/h12-15H,5-11H2,1-4H3. The zero-order valence-corrected chi connectivity index (χ0v) is 11.6. The fourth-order valence-electron chi connectivity index (χ4n) is 2.62. The first-order valence-electron chi connectivity index (χ1n) is 7.07. The second kappa shape index (κ2) is 7.29. The van der Waals surface area contributed by atoms with Crippen LogP contribution >= 0.6 is 0 Å². The van der Waals surface area contributed by atoms with E-state index in [1.807, 2.05) is 0 Å². The second-order valence-electron chi connectivity index (χ2n) is 5.62. The maximum Gasteiger partial charge on any atom is 0.0217 e. The van der Waals surface area contributed by atoms with Gasteiger partial charge >= 0.3 is 0 Å². The normalized spacial score (nSPS) is 27.4. The highest BCUT2D eigenvalue weighted by Gasteiger charge is 2.19. The van der Waals surface area contributed by atoms with Gasteiger partial charge in [-0.15, -0.1) is 0 Å². The molecule has 0 aromatic rings. The maximum absolute atomic E-state index is 3.49. The summed E-state index contributed by atoms with van der Waals surface area (Å²) < 4.78 is 0. The Morgan fingerprint density at radius 3 is 2.69 bits per heavy atom. The molecule has 3 atom stereocenters. The molecule has 0 aromatic carbocycles. The van der Waals surface area contributed by atoms with Crippen molar-refractivity contribution in [2.24, 2.45) is 11.8 Å². The molecule has 0 saturated carbocycles. The molecule has 0 aliphatic carbocycles. The van der Waals surface area contributed by atoms with Gasteiger partial charge in [0.05, 0.1) is 0 Å². The molecule has 2 heteroatoms. The third-order valence-electron chi connectivity index (χ3n) is 4.27. The Bertz CT molecular complexity index is 182. The quantitative estimate of drug-likeness (QED) is 0.775. The van der Waals surface area contributed by atoms with Crippen LogP contribution in [-0.4, -0.2) is 37.6 Å². The van der Waals surface area contributed by atoms with Gasteiger partial charge < -0.3 is 10.2 Å². The number of nitrogens with one attached hydrogen (secondary N) is 1. The first-order chi connectivity index (χ1) is 7.67. The highest BCUT2D eigenvalue weighted by Crippen LogP contribution is 2.18. The van der Waals surface area contributed by atoms with Crippen molar-refractivity contribution in [1.29, 1.82) is 0 Å². The number of likely N-dealkylation sites (N-methyl/N-ethyl adjacent to an activating group) is 1. The van der Waals surface area contributed by atoms with E-state index in [2.05, 4.69) is 38.0 Å². The van der Waals surface area contributed by atoms with Crippen molar-refractivity contribution >= 4 is 0 Å². The van der Waals surface area contributed by atoms with Gasteiger partial charge in [-0.2, -0.15) is 0 Å². The van der Waals surface area contributed by atoms with Crippen LogP contribution in [0, 0.1) is 11.8 Å². The van der Waals surface area contributed by atoms with Crippen LogP contribution < -0.4 is 5.32 Å². The molecular weight excluding hydrogens is 196 g/mol. The molecule has 1 aliphatic rings. The average molecular weight is 226 g/mol. The second-order valence-corrected chi connectivity index (χ2v) is 5.62. The molecule has 0 radical (unpaired) electrons. The smallest absolute Gasteiger partial charge is 0.0217 e. The maximum atomic E-state index is 3.49. The van der Waals surface area contributed by atoms with Crippen LogP contribution in [0.1, 0.15) is 46.5 Å². The summed E-state index contributed by atoms with van der Waals surface area (Å²) >= 11 is 0. The number of hydrogen-bond acceptors (Lipinski definition) is 2. The van der Waals surface area contributed by atoms with Crippen molar-refractivity contribution in [3.05, 3.63) is 0 Å². The van der Waals surface area contributed by atoms with Gasteiger partial charge in [0.2, 0.25) is 0 Å². The lowest BCUT2D eigenvalue weighted by molar-refractivity contribution is 0.220. The van der Waals surface area contributed by atoms with Crippen molar-refractivity contribution in [3.63, 3.8) is 0 Å². The Morgan fingerprint density at radius 2 is 2.06 bits per heavy atom. The summed E-state index contributed by atoms with van der Waals surface area (Å²) in [5.41, 5.74) is 0. The van der Waals surface area contributed by atoms with Crippen molar-refractivity contribution in [1.82, 2.24) is 10.2 Å². The highest BCUT2D eigenvalue weighted by molar-refractivity contribution is 4.77. The van der Waals surface area contributed by atoms with E-state index in [-0.39, 0.29) is 0 Å². The van der Waals surface area contributed by atoms with Crippen LogP contribution in [0.2, 0.25) is 0 Å². The van der Waals surface area contributed by atoms with E-state index in [0.717, 1.165) is 11.8 Å². The van der Waals surface area contributed by atoms with Crippen LogP contribution in [0.5, 0.6) is 0 Å². The summed E-state index contributed by atoms with van der Waals surface area (Å²) in [6, 6.07) is 0.665. The van der Waals surface area contributed by atoms with Crippen LogP contribution in [0.4, 0.5) is 0 Å². The number of nitrogens with zero attached hydrogens (tertiary/aromatic N) is 1. The lowest BCUT2D eigenvalue weighted by Gasteiger charge is -2.29. The molecule has 16 heavy (non-hydrogen) atoms. The molecule has 1 rings (SSSR count). The van der Waals surface area contributed by atoms with Crippen LogP contribution in [0.15, 0.2) is 0 Å². The van der Waals surface area contributed by atoms with Gasteiger partial charge in [-0.3, -0.25) is 0 Å². The molecule has 1 saturated heterocycles. The van der Waals surface area contributed by atoms with Crippen molar-refractivity contribution < 1.29 is 0 Å². The molecule has 1 fully saturated rings. The largest absolute Gasteiger partial charge is 0.315 e. The van der Waals surface area contributed by atoms with Gasteiger partial charge in [-0.1, -0.05) is 27.2 Å². The van der Waals surface area contributed by atoms with E-state index in [1.165, 1.54) is 45.3 Å². The van der Waals surface area contributed by atoms with Gasteiger partial charge in [-0.05, 0) is 51.2 Å². The summed E-state index contributed by atoms with van der Waals surface area (Å²) in [5, 5.41) is 3.49. The predicted molar refractivity (Wildman–Crippen MR) is 71.8 cm³/mol. The Labute approximate surface area is 102 Å². The van der Waals surface area contributed by atoms with Crippen molar-refractivity contribution in [3.8, 4) is 0 Å². The van der Waals surface area contributed by atoms with Crippen LogP contribution in [0.3, 0.4) is 0 Å². The lowest BCUT2D eigenvalue weighted by Crippen LogP contribution is -2.43. The number of likely N-dealkylation sites (tertiary alicyclic amines) is 1. The minimum absolute atomic E-state index is 0.665. The van der Waals surface area contributed by atoms with Crippen LogP contribution in [-0.2, 0) is 0 Å². The monoisotopic (exact) mass is 226 g/mol. The van der Waals surface area contributed by atoms with E-state index < -0.39 is 0 Å². The van der Waals surface area contributed by atoms with Gasteiger partial charge in [0, 0.05) is 12.6 Å². The summed E-state index contributed by atoms with van der Waals surface area (Å²) in [5.74, 6) is 1.72. The van der Waals surface area contributed by atoms with Crippen molar-refractivity contribution in [2.45, 2.75) is 52.5 Å². The Kier molecular flexibility index (Phi) is 6.37. The van der Waals surface area contributed by atoms with Gasteiger partial charge in [0.15, 0.2) is 0 Å². The minimum Gasteiger partial charge on any atom is -0.315 e. The molecule has 0 amide bonds. The third-order valence-corrected chi connectivity index (χ3v) is 4.27. The molecule has 1 aliphatic heterocycles. The topological polar surface area (TPSA) is 15.3 Å². The Hall–Kier alpha value is -0.0800. The number of hydrogen-bond donors (Lipinski definition) is 1. The summed E-state index contributed by atoms with van der Waals surface area (Å²) in [7, 11) is 2.11. The molecule has 2 nitrogen and oxygen atoms in total. The van der Waals surface area contributed by atoms with E-state index in [0.29, 0.717) is 6.04 Å². The van der Waals surface area contributed by atoms with Crippen LogP contribution in [0.25, 0.3) is 0 Å². The molecule has 1 N–H and O–H groups in total. The van der Waals surface area contributed by atoms with E-state index >= 15 is 0 Å².